The number of hydrogen-bond donors (Lipinski definition) is 0. The molecule has 0 spiro atoms. The van der Waals surface area contributed by atoms with Crippen LogP contribution in [0.2, 0.25) is 0 Å². The first-order valence-corrected chi connectivity index (χ1v) is 2.83. The highest BCUT2D eigenvalue weighted by molar-refractivity contribution is 6.17. The smallest absolute Gasteiger partial charge is 0.138 e. The highest BCUT2D eigenvalue weighted by atomic mass is 35.5. The van der Waals surface area contributed by atoms with Crippen LogP contribution in [0.5, 0.6) is 0 Å². The van der Waals surface area contributed by atoms with Crippen molar-refractivity contribution in [2.75, 3.05) is 5.88 Å². The lowest BCUT2D eigenvalue weighted by atomic mass is 10.4. The minimum atomic E-state index is -0.104. The Kier molecular flexibility index (Phi) is 1.91. The predicted octanol–water partition coefficient (Wildman–Crippen LogP) is 1.77. The van der Waals surface area contributed by atoms with E-state index in [2.05, 4.69) is 20.7 Å². The Labute approximate surface area is 51.6 Å². The summed E-state index contributed by atoms with van der Waals surface area (Å²) in [4.78, 5) is 0. The normalized spacial score (nSPS) is 18.1. The molecule has 4 nitrogen and oxygen atoms in total. The molecule has 0 aromatic carbocycles. The largest absolute Gasteiger partial charge is 0.186 e. The van der Waals surface area contributed by atoms with Gasteiger partial charge in [-0.3, -0.25) is 0 Å². The summed E-state index contributed by atoms with van der Waals surface area (Å²) in [5.41, 5.74) is 0. The number of rotatable bonds is 2. The van der Waals surface area contributed by atoms with Crippen molar-refractivity contribution in [2.24, 2.45) is 20.7 Å². The fourth-order valence-corrected chi connectivity index (χ4v) is 0.597. The highest BCUT2D eigenvalue weighted by Crippen LogP contribution is 2.08. The van der Waals surface area contributed by atoms with Crippen LogP contribution < -0.4 is 0 Å². The van der Waals surface area contributed by atoms with Gasteiger partial charge in [0.1, 0.15) is 0 Å². The fraction of sp³-hybridized carbons (Fsp3) is 1.00. The fourth-order valence-electron chi connectivity index (χ4n) is 0.402. The summed E-state index contributed by atoms with van der Waals surface area (Å²) in [5.74, 6) is 0.558. The van der Waals surface area contributed by atoms with Crippen LogP contribution >= 0.6 is 11.6 Å². The van der Waals surface area contributed by atoms with Crippen molar-refractivity contribution < 1.29 is 0 Å². The Morgan fingerprint density at radius 1 is 1.25 bits per heavy atom. The predicted molar refractivity (Wildman–Crippen MR) is 28.8 cm³/mol. The minimum Gasteiger partial charge on any atom is -0.138 e. The second-order valence-corrected chi connectivity index (χ2v) is 1.75. The van der Waals surface area contributed by atoms with E-state index < -0.39 is 0 Å². The molecule has 0 saturated heterocycles. The first-order chi connectivity index (χ1) is 3.93. The van der Waals surface area contributed by atoms with E-state index in [9.17, 15) is 0 Å². The summed E-state index contributed by atoms with van der Waals surface area (Å²) < 4.78 is 0. The van der Waals surface area contributed by atoms with Crippen LogP contribution in [-0.4, -0.2) is 12.0 Å². The summed E-state index contributed by atoms with van der Waals surface area (Å²) in [7, 11) is 0. The van der Waals surface area contributed by atoms with E-state index in [1.165, 1.54) is 0 Å². The van der Waals surface area contributed by atoms with Gasteiger partial charge in [-0.2, -0.15) is 0 Å². The summed E-state index contributed by atoms with van der Waals surface area (Å²) in [6.45, 7) is 0. The summed E-state index contributed by atoms with van der Waals surface area (Å²) in [6.07, 6.45) is 0.627. The average Bonchev–Trinajstić information content (AvgIpc) is 2.19. The maximum absolute atomic E-state index is 5.38. The third kappa shape index (κ3) is 1.23. The molecule has 1 rings (SSSR count). The number of halogens is 1. The standard InChI is InChI=1S/C3H5ClN4/c4-2-1-3-5-7-8-6-3/h3H,1-2H2. The maximum Gasteiger partial charge on any atom is 0.186 e. The summed E-state index contributed by atoms with van der Waals surface area (Å²) >= 11 is 5.38. The molecule has 0 atom stereocenters. The maximum atomic E-state index is 5.38. The van der Waals surface area contributed by atoms with Gasteiger partial charge in [0.15, 0.2) is 6.17 Å². The molecule has 1 aliphatic rings. The first-order valence-electron chi connectivity index (χ1n) is 2.29. The van der Waals surface area contributed by atoms with Gasteiger partial charge in [0, 0.05) is 12.3 Å². The average molecular weight is 133 g/mol. The first kappa shape index (κ1) is 5.62. The molecule has 0 aliphatic carbocycles. The van der Waals surface area contributed by atoms with Crippen LogP contribution in [-0.2, 0) is 0 Å². The molecule has 0 fully saturated rings. The van der Waals surface area contributed by atoms with Gasteiger partial charge in [0.25, 0.3) is 0 Å². The van der Waals surface area contributed by atoms with Crippen LogP contribution in [0, 0.1) is 0 Å². The van der Waals surface area contributed by atoms with E-state index in [0.29, 0.717) is 5.88 Å². The third-order valence-corrected chi connectivity index (χ3v) is 0.995. The monoisotopic (exact) mass is 132 g/mol. The van der Waals surface area contributed by atoms with Crippen molar-refractivity contribution >= 4 is 11.6 Å². The molecule has 0 aromatic heterocycles. The van der Waals surface area contributed by atoms with E-state index in [0.717, 1.165) is 6.42 Å². The van der Waals surface area contributed by atoms with Gasteiger partial charge < -0.3 is 0 Å². The molecular weight excluding hydrogens is 128 g/mol. The lowest BCUT2D eigenvalue weighted by Crippen LogP contribution is -1.95. The van der Waals surface area contributed by atoms with Crippen LogP contribution in [0.1, 0.15) is 6.42 Å². The zero-order chi connectivity index (χ0) is 5.82. The van der Waals surface area contributed by atoms with Gasteiger partial charge in [0.2, 0.25) is 0 Å². The van der Waals surface area contributed by atoms with E-state index in [-0.39, 0.29) is 6.17 Å². The molecule has 0 saturated carbocycles. The van der Waals surface area contributed by atoms with Crippen molar-refractivity contribution in [1.82, 2.24) is 0 Å². The lowest BCUT2D eigenvalue weighted by Gasteiger charge is -1.91. The third-order valence-electron chi connectivity index (χ3n) is 0.777. The van der Waals surface area contributed by atoms with E-state index >= 15 is 0 Å². The van der Waals surface area contributed by atoms with Crippen LogP contribution in [0.25, 0.3) is 0 Å². The van der Waals surface area contributed by atoms with E-state index in [1.54, 1.807) is 0 Å². The molecular formula is C3H5ClN4. The topological polar surface area (TPSA) is 49.4 Å². The molecule has 44 valence electrons. The van der Waals surface area contributed by atoms with E-state index in [4.69, 9.17) is 11.6 Å². The molecule has 0 N–H and O–H groups in total. The highest BCUT2D eigenvalue weighted by Gasteiger charge is 2.06. The lowest BCUT2D eigenvalue weighted by molar-refractivity contribution is 0.681. The molecule has 0 aromatic rings. The van der Waals surface area contributed by atoms with Crippen molar-refractivity contribution in [1.29, 1.82) is 0 Å². The second-order valence-electron chi connectivity index (χ2n) is 1.37. The quantitative estimate of drug-likeness (QED) is 0.515. The van der Waals surface area contributed by atoms with Crippen molar-refractivity contribution in [3.63, 3.8) is 0 Å². The molecule has 0 radical (unpaired) electrons. The van der Waals surface area contributed by atoms with Crippen molar-refractivity contribution in [3.8, 4) is 0 Å². The molecule has 1 aliphatic heterocycles. The molecule has 1 heterocycles. The molecule has 0 unspecified atom stereocenters. The number of hydrogen-bond acceptors (Lipinski definition) is 4. The Morgan fingerprint density at radius 3 is 2.38 bits per heavy atom. The van der Waals surface area contributed by atoms with E-state index in [1.807, 2.05) is 0 Å². The minimum absolute atomic E-state index is 0.104. The van der Waals surface area contributed by atoms with Gasteiger partial charge in [-0.25, -0.2) is 0 Å². The van der Waals surface area contributed by atoms with Crippen molar-refractivity contribution in [2.45, 2.75) is 12.6 Å². The van der Waals surface area contributed by atoms with Gasteiger partial charge in [0.05, 0.1) is 0 Å². The summed E-state index contributed by atoms with van der Waals surface area (Å²) in [6, 6.07) is 0. The van der Waals surface area contributed by atoms with Crippen molar-refractivity contribution in [3.05, 3.63) is 0 Å². The molecule has 5 heteroatoms. The van der Waals surface area contributed by atoms with Gasteiger partial charge in [-0.15, -0.1) is 21.8 Å². The zero-order valence-corrected chi connectivity index (χ0v) is 4.91. The Morgan fingerprint density at radius 2 is 1.88 bits per heavy atom. The SMILES string of the molecule is ClCCC1N=NN=N1. The van der Waals surface area contributed by atoms with Crippen LogP contribution in [0.3, 0.4) is 0 Å². The zero-order valence-electron chi connectivity index (χ0n) is 4.16. The molecule has 8 heavy (non-hydrogen) atoms. The molecule has 0 amide bonds. The Bertz CT molecular complexity index is 108. The second kappa shape index (κ2) is 2.71. The Hall–Kier alpha value is -0.510. The van der Waals surface area contributed by atoms with Gasteiger partial charge in [-0.1, -0.05) is 0 Å². The van der Waals surface area contributed by atoms with Gasteiger partial charge in [-0.05, 0) is 10.4 Å². The Balaban J connectivity index is 2.27. The van der Waals surface area contributed by atoms with Crippen LogP contribution in [0.4, 0.5) is 0 Å². The van der Waals surface area contributed by atoms with Gasteiger partial charge >= 0.3 is 0 Å². The summed E-state index contributed by atoms with van der Waals surface area (Å²) in [5, 5.41) is 13.9. The number of nitrogens with zero attached hydrogens (tertiary/aromatic N) is 4. The molecule has 0 bridgehead atoms. The van der Waals surface area contributed by atoms with Crippen LogP contribution in [0.15, 0.2) is 20.7 Å². The number of alkyl halides is 1.